The molecule has 12 heteroatoms. The van der Waals surface area contributed by atoms with Crippen LogP contribution in [0.5, 0.6) is 11.5 Å². The third-order valence-electron chi connectivity index (χ3n) is 5.41. The fraction of sp³-hybridized carbons (Fsp3) is 0.250. The van der Waals surface area contributed by atoms with Gasteiger partial charge < -0.3 is 15.4 Å². The Labute approximate surface area is 221 Å². The number of halogens is 2. The first-order valence-corrected chi connectivity index (χ1v) is 14.0. The van der Waals surface area contributed by atoms with Gasteiger partial charge in [-0.05, 0) is 72.7 Å². The predicted molar refractivity (Wildman–Crippen MR) is 146 cm³/mol. The van der Waals surface area contributed by atoms with Crippen molar-refractivity contribution < 1.29 is 18.1 Å². The van der Waals surface area contributed by atoms with E-state index in [9.17, 15) is 18.2 Å². The van der Waals surface area contributed by atoms with Crippen LogP contribution >= 0.6 is 22.6 Å². The maximum atomic E-state index is 14.7. The van der Waals surface area contributed by atoms with Crippen molar-refractivity contribution in [3.05, 3.63) is 73.3 Å². The van der Waals surface area contributed by atoms with E-state index in [1.807, 2.05) is 22.6 Å². The van der Waals surface area contributed by atoms with E-state index in [0.717, 1.165) is 12.8 Å². The van der Waals surface area contributed by atoms with Crippen molar-refractivity contribution >= 4 is 55.6 Å². The molecule has 1 atom stereocenters. The van der Waals surface area contributed by atoms with Gasteiger partial charge in [0.15, 0.2) is 5.75 Å². The fourth-order valence-corrected chi connectivity index (χ4v) is 4.52. The van der Waals surface area contributed by atoms with E-state index >= 15 is 0 Å². The number of benzene rings is 2. The van der Waals surface area contributed by atoms with Gasteiger partial charge in [-0.2, -0.15) is 4.36 Å². The lowest BCUT2D eigenvalue weighted by Gasteiger charge is -2.21. The molecule has 1 fully saturated rings. The zero-order chi connectivity index (χ0) is 26.2. The highest BCUT2D eigenvalue weighted by Crippen LogP contribution is 2.36. The number of anilines is 2. The van der Waals surface area contributed by atoms with Crippen LogP contribution < -0.4 is 26.1 Å². The third kappa shape index (κ3) is 6.05. The van der Waals surface area contributed by atoms with Crippen LogP contribution in [0.3, 0.4) is 0 Å². The Morgan fingerprint density at radius 2 is 2.00 bits per heavy atom. The average Bonchev–Trinajstić information content (AvgIpc) is 3.60. The van der Waals surface area contributed by atoms with Gasteiger partial charge >= 0.3 is 0 Å². The Kier molecular flexibility index (Phi) is 7.38. The van der Waals surface area contributed by atoms with Gasteiger partial charge in [0.25, 0.3) is 11.5 Å². The summed E-state index contributed by atoms with van der Waals surface area (Å²) in [5.74, 6) is -0.641. The molecule has 4 rings (SSSR count). The highest BCUT2D eigenvalue weighted by Gasteiger charge is 2.30. The van der Waals surface area contributed by atoms with Crippen LogP contribution in [0.15, 0.2) is 51.6 Å². The summed E-state index contributed by atoms with van der Waals surface area (Å²) in [6, 6.07) is 10.9. The third-order valence-corrected chi connectivity index (χ3v) is 6.66. The Balaban J connectivity index is 1.87. The number of hydrogen-bond donors (Lipinski definition) is 3. The summed E-state index contributed by atoms with van der Waals surface area (Å²) in [6.07, 6.45) is 2.99. The molecule has 0 unspecified atom stereocenters. The number of aromatic nitrogens is 1. The molecule has 1 aliphatic rings. The van der Waals surface area contributed by atoms with E-state index in [2.05, 4.69) is 15.0 Å². The summed E-state index contributed by atoms with van der Waals surface area (Å²) < 4.78 is 38.6. The quantitative estimate of drug-likeness (QED) is 0.334. The van der Waals surface area contributed by atoms with E-state index in [0.29, 0.717) is 9.26 Å². The molecule has 1 amide bonds. The Hall–Kier alpha value is -2.97. The summed E-state index contributed by atoms with van der Waals surface area (Å²) in [7, 11) is -1.41. The molecule has 1 aliphatic carbocycles. The Bertz CT molecular complexity index is 1540. The summed E-state index contributed by atoms with van der Waals surface area (Å²) in [5, 5.41) is 11.4. The number of nitrogens with one attached hydrogen (secondary N) is 2. The van der Waals surface area contributed by atoms with Crippen molar-refractivity contribution in [3.8, 4) is 11.5 Å². The highest BCUT2D eigenvalue weighted by atomic mass is 127. The minimum Gasteiger partial charge on any atom is -0.456 e. The molecule has 0 spiro atoms. The van der Waals surface area contributed by atoms with Crippen molar-refractivity contribution in [2.45, 2.75) is 25.8 Å². The lowest BCUT2D eigenvalue weighted by Crippen LogP contribution is -2.31. The first-order valence-electron chi connectivity index (χ1n) is 11.0. The van der Waals surface area contributed by atoms with Gasteiger partial charge in [0, 0.05) is 29.0 Å². The zero-order valence-corrected chi connectivity index (χ0v) is 22.8. The first-order chi connectivity index (χ1) is 16.9. The number of carbonyl (C=O) groups is 1. The number of hydrogen-bond acceptors (Lipinski definition) is 6. The van der Waals surface area contributed by atoms with Crippen LogP contribution in [-0.4, -0.2) is 27.0 Å². The van der Waals surface area contributed by atoms with Crippen LogP contribution in [0.25, 0.3) is 0 Å². The second kappa shape index (κ2) is 10.2. The minimum absolute atomic E-state index is 0.0202. The SMILES string of the molecule is Cc1c(Oc2cccc(N=[S@@](C)(N)=O)c2)c(C(=O)NC2CC2)c(Nc2ccc(I)cc2F)n(C)c1=O. The number of amides is 1. The Morgan fingerprint density at radius 1 is 1.28 bits per heavy atom. The molecule has 0 bridgehead atoms. The molecule has 190 valence electrons. The maximum absolute atomic E-state index is 14.7. The molecule has 9 nitrogen and oxygen atoms in total. The fourth-order valence-electron chi connectivity index (χ4n) is 3.53. The van der Waals surface area contributed by atoms with Crippen molar-refractivity contribution in [2.24, 2.45) is 16.5 Å². The largest absolute Gasteiger partial charge is 0.456 e. The predicted octanol–water partition coefficient (Wildman–Crippen LogP) is 4.47. The summed E-state index contributed by atoms with van der Waals surface area (Å²) in [4.78, 5) is 26.5. The monoisotopic (exact) mass is 625 g/mol. The molecule has 1 heterocycles. The molecule has 2 aromatic carbocycles. The van der Waals surface area contributed by atoms with Crippen molar-refractivity contribution in [2.75, 3.05) is 11.6 Å². The Morgan fingerprint density at radius 3 is 2.64 bits per heavy atom. The topological polar surface area (TPSA) is 128 Å². The van der Waals surface area contributed by atoms with Crippen LogP contribution in [0.2, 0.25) is 0 Å². The number of pyridine rings is 1. The van der Waals surface area contributed by atoms with Gasteiger partial charge in [0.2, 0.25) is 0 Å². The van der Waals surface area contributed by atoms with E-state index in [1.54, 1.807) is 31.2 Å². The van der Waals surface area contributed by atoms with Gasteiger partial charge in [-0.1, -0.05) is 6.07 Å². The van der Waals surface area contributed by atoms with Crippen molar-refractivity contribution in [1.29, 1.82) is 0 Å². The molecular formula is C24H25FIN5O4S. The van der Waals surface area contributed by atoms with Crippen LogP contribution in [-0.2, 0) is 17.0 Å². The normalized spacial score (nSPS) is 14.6. The second-order valence-electron chi connectivity index (χ2n) is 8.59. The maximum Gasteiger partial charge on any atom is 0.259 e. The number of rotatable bonds is 7. The lowest BCUT2D eigenvalue weighted by molar-refractivity contribution is 0.0948. The first kappa shape index (κ1) is 26.1. The standard InChI is InChI=1S/C24H25FIN5O4S/c1-13-21(35-17-6-4-5-16(12-17)30-36(3,27)34)20(23(32)28-15-8-9-15)22(31(2)24(13)33)29-19-10-7-14(26)11-18(19)25/h4-7,10-12,15,29H,8-9H2,1-3H3,(H,28,32)(H2,27,30,34)/t36-/m1/s1. The summed E-state index contributed by atoms with van der Waals surface area (Å²) in [5.41, 5.74) is 0.225. The minimum atomic E-state index is -2.91. The molecule has 0 saturated heterocycles. The van der Waals surface area contributed by atoms with E-state index in [-0.39, 0.29) is 40.2 Å². The molecule has 1 aromatic heterocycles. The smallest absolute Gasteiger partial charge is 0.259 e. The molecule has 0 aliphatic heterocycles. The molecule has 4 N–H and O–H groups in total. The lowest BCUT2D eigenvalue weighted by atomic mass is 10.1. The van der Waals surface area contributed by atoms with Crippen LogP contribution in [0, 0.1) is 16.3 Å². The van der Waals surface area contributed by atoms with E-state index in [1.165, 1.54) is 36.1 Å². The van der Waals surface area contributed by atoms with Gasteiger partial charge in [-0.3, -0.25) is 14.2 Å². The highest BCUT2D eigenvalue weighted by molar-refractivity contribution is 14.1. The zero-order valence-electron chi connectivity index (χ0n) is 19.8. The molecule has 36 heavy (non-hydrogen) atoms. The van der Waals surface area contributed by atoms with E-state index < -0.39 is 27.2 Å². The van der Waals surface area contributed by atoms with E-state index in [4.69, 9.17) is 9.88 Å². The molecule has 0 radical (unpaired) electrons. The number of ether oxygens (including phenoxy) is 1. The number of nitrogens with zero attached hydrogens (tertiary/aromatic N) is 2. The van der Waals surface area contributed by atoms with Gasteiger partial charge in [-0.25, -0.2) is 13.7 Å². The van der Waals surface area contributed by atoms with Gasteiger partial charge in [0.1, 0.15) is 32.9 Å². The molecular weight excluding hydrogens is 600 g/mol. The van der Waals surface area contributed by atoms with Crippen LogP contribution in [0.4, 0.5) is 21.6 Å². The average molecular weight is 625 g/mol. The number of carbonyl (C=O) groups excluding carboxylic acids is 1. The van der Waals surface area contributed by atoms with Gasteiger partial charge in [-0.15, -0.1) is 0 Å². The summed E-state index contributed by atoms with van der Waals surface area (Å²) >= 11 is 1.99. The van der Waals surface area contributed by atoms with Gasteiger partial charge in [0.05, 0.1) is 16.9 Å². The van der Waals surface area contributed by atoms with Crippen molar-refractivity contribution in [1.82, 2.24) is 9.88 Å². The van der Waals surface area contributed by atoms with Crippen molar-refractivity contribution in [3.63, 3.8) is 0 Å². The second-order valence-corrected chi connectivity index (χ2v) is 11.7. The number of nitrogens with two attached hydrogens (primary N) is 1. The molecule has 3 aromatic rings. The molecule has 1 saturated carbocycles. The van der Waals surface area contributed by atoms with Crippen LogP contribution in [0.1, 0.15) is 28.8 Å². The summed E-state index contributed by atoms with van der Waals surface area (Å²) in [6.45, 7) is 1.55.